The largest absolute Gasteiger partial charge is 0.487 e. The number of carbonyl (C=O) groups is 1. The fraction of sp³-hybridized carbons (Fsp3) is 0.120. The first-order valence-electron chi connectivity index (χ1n) is 10.0. The summed E-state index contributed by atoms with van der Waals surface area (Å²) in [5.74, 6) is 0.184. The van der Waals surface area contributed by atoms with Crippen molar-refractivity contribution < 1.29 is 14.5 Å². The second kappa shape index (κ2) is 11.4. The first-order valence-corrected chi connectivity index (χ1v) is 12.2. The molecular formula is C25H19I2N3O4. The van der Waals surface area contributed by atoms with Crippen LogP contribution in [0.15, 0.2) is 60.2 Å². The molecule has 0 radical (unpaired) electrons. The number of hydrogen-bond donors (Lipinski definition) is 1. The van der Waals surface area contributed by atoms with Crippen molar-refractivity contribution in [3.8, 4) is 11.8 Å². The lowest BCUT2D eigenvalue weighted by Crippen LogP contribution is -2.13. The smallest absolute Gasteiger partial charge is 0.269 e. The first-order chi connectivity index (χ1) is 16.2. The number of benzene rings is 3. The van der Waals surface area contributed by atoms with Gasteiger partial charge in [-0.1, -0.05) is 6.07 Å². The number of ether oxygens (including phenoxy) is 1. The third kappa shape index (κ3) is 6.54. The lowest BCUT2D eigenvalue weighted by atomic mass is 10.1. The molecule has 0 aromatic heterocycles. The number of hydrogen-bond acceptors (Lipinski definition) is 5. The van der Waals surface area contributed by atoms with E-state index < -0.39 is 10.8 Å². The fourth-order valence-corrected chi connectivity index (χ4v) is 5.13. The van der Waals surface area contributed by atoms with Gasteiger partial charge in [-0.2, -0.15) is 5.26 Å². The number of nitro groups is 1. The van der Waals surface area contributed by atoms with Gasteiger partial charge in [0.05, 0.1) is 12.1 Å². The standard InChI is InChI=1S/C25H19I2N3O4/c1-15-3-6-20(9-16(15)2)29-25(31)19(13-28)10-18-11-22(26)24(23(27)12-18)34-14-17-4-7-21(8-5-17)30(32)33/h3-12H,14H2,1-2H3,(H,29,31)/b19-10+. The molecule has 0 spiro atoms. The molecule has 0 saturated heterocycles. The molecule has 1 amide bonds. The normalized spacial score (nSPS) is 11.0. The fourth-order valence-electron chi connectivity index (χ4n) is 3.00. The molecule has 0 atom stereocenters. The van der Waals surface area contributed by atoms with Gasteiger partial charge < -0.3 is 10.1 Å². The maximum Gasteiger partial charge on any atom is 0.269 e. The molecule has 7 nitrogen and oxygen atoms in total. The molecule has 0 aliphatic heterocycles. The molecule has 3 rings (SSSR count). The van der Waals surface area contributed by atoms with Crippen molar-refractivity contribution >= 4 is 68.5 Å². The predicted molar refractivity (Wildman–Crippen MR) is 147 cm³/mol. The molecule has 0 bridgehead atoms. The van der Waals surface area contributed by atoms with E-state index in [1.807, 2.05) is 44.2 Å². The van der Waals surface area contributed by atoms with Crippen molar-refractivity contribution in [3.05, 3.63) is 99.7 Å². The summed E-state index contributed by atoms with van der Waals surface area (Å²) in [4.78, 5) is 23.0. The van der Waals surface area contributed by atoms with Crippen LogP contribution in [0.1, 0.15) is 22.3 Å². The molecule has 34 heavy (non-hydrogen) atoms. The number of amides is 1. The van der Waals surface area contributed by atoms with Crippen LogP contribution in [-0.2, 0) is 11.4 Å². The van der Waals surface area contributed by atoms with Crippen LogP contribution in [0.2, 0.25) is 0 Å². The quantitative estimate of drug-likeness (QED) is 0.100. The zero-order valence-corrected chi connectivity index (χ0v) is 22.6. The molecule has 9 heteroatoms. The summed E-state index contributed by atoms with van der Waals surface area (Å²) in [7, 11) is 0. The summed E-state index contributed by atoms with van der Waals surface area (Å²) in [6.07, 6.45) is 1.54. The van der Waals surface area contributed by atoms with Crippen molar-refractivity contribution in [3.63, 3.8) is 0 Å². The average Bonchev–Trinajstić information content (AvgIpc) is 2.79. The van der Waals surface area contributed by atoms with Crippen molar-refractivity contribution in [2.24, 2.45) is 0 Å². The minimum atomic E-state index is -0.478. The summed E-state index contributed by atoms with van der Waals surface area (Å²) in [5.41, 5.74) is 4.32. The summed E-state index contributed by atoms with van der Waals surface area (Å²) in [6, 6.07) is 17.4. The highest BCUT2D eigenvalue weighted by Crippen LogP contribution is 2.31. The van der Waals surface area contributed by atoms with E-state index in [0.717, 1.165) is 23.8 Å². The van der Waals surface area contributed by atoms with Gasteiger partial charge in [-0.25, -0.2) is 0 Å². The van der Waals surface area contributed by atoms with E-state index in [9.17, 15) is 20.2 Å². The molecule has 0 saturated carbocycles. The van der Waals surface area contributed by atoms with Gasteiger partial charge in [0.15, 0.2) is 0 Å². The van der Waals surface area contributed by atoms with Crippen LogP contribution in [0.25, 0.3) is 6.08 Å². The Morgan fingerprint density at radius 2 is 1.74 bits per heavy atom. The lowest BCUT2D eigenvalue weighted by Gasteiger charge is -2.12. The summed E-state index contributed by atoms with van der Waals surface area (Å²) in [6.45, 7) is 4.20. The Bertz CT molecular complexity index is 1310. The number of non-ortho nitro benzene ring substituents is 1. The first kappa shape index (κ1) is 25.6. The van der Waals surface area contributed by atoms with Crippen LogP contribution < -0.4 is 10.1 Å². The highest BCUT2D eigenvalue weighted by atomic mass is 127. The van der Waals surface area contributed by atoms with E-state index >= 15 is 0 Å². The van der Waals surface area contributed by atoms with E-state index in [4.69, 9.17) is 4.74 Å². The van der Waals surface area contributed by atoms with Gasteiger partial charge in [-0.3, -0.25) is 14.9 Å². The molecule has 0 aliphatic rings. The lowest BCUT2D eigenvalue weighted by molar-refractivity contribution is -0.384. The maximum atomic E-state index is 12.6. The number of nitriles is 1. The number of rotatable bonds is 7. The maximum absolute atomic E-state index is 12.6. The second-order valence-electron chi connectivity index (χ2n) is 7.45. The van der Waals surface area contributed by atoms with Crippen LogP contribution >= 0.6 is 45.2 Å². The van der Waals surface area contributed by atoms with Crippen molar-refractivity contribution in [1.29, 1.82) is 5.26 Å². The van der Waals surface area contributed by atoms with E-state index in [2.05, 4.69) is 50.5 Å². The molecule has 172 valence electrons. The Morgan fingerprint density at radius 3 is 2.29 bits per heavy atom. The summed E-state index contributed by atoms with van der Waals surface area (Å²) in [5, 5.41) is 23.1. The number of nitrogens with zero attached hydrogens (tertiary/aromatic N) is 2. The molecule has 0 fully saturated rings. The van der Waals surface area contributed by atoms with Crippen LogP contribution in [0, 0.1) is 42.4 Å². The van der Waals surface area contributed by atoms with Gasteiger partial charge in [-0.15, -0.1) is 0 Å². The Labute approximate surface area is 224 Å². The Morgan fingerprint density at radius 1 is 1.09 bits per heavy atom. The van der Waals surface area contributed by atoms with E-state index in [0.29, 0.717) is 17.0 Å². The van der Waals surface area contributed by atoms with Crippen LogP contribution in [0.4, 0.5) is 11.4 Å². The zero-order chi connectivity index (χ0) is 24.8. The Balaban J connectivity index is 1.75. The third-order valence-corrected chi connectivity index (χ3v) is 6.59. The Kier molecular flexibility index (Phi) is 8.62. The van der Waals surface area contributed by atoms with Gasteiger partial charge in [0.2, 0.25) is 0 Å². The third-order valence-electron chi connectivity index (χ3n) is 4.99. The van der Waals surface area contributed by atoms with Crippen molar-refractivity contribution in [1.82, 2.24) is 0 Å². The molecule has 0 unspecified atom stereocenters. The molecule has 3 aromatic carbocycles. The average molecular weight is 679 g/mol. The van der Waals surface area contributed by atoms with E-state index in [1.165, 1.54) is 12.1 Å². The van der Waals surface area contributed by atoms with Crippen molar-refractivity contribution in [2.75, 3.05) is 5.32 Å². The van der Waals surface area contributed by atoms with E-state index in [-0.39, 0.29) is 17.9 Å². The van der Waals surface area contributed by atoms with E-state index in [1.54, 1.807) is 24.3 Å². The number of nitro benzene ring substituents is 1. The molecular weight excluding hydrogens is 660 g/mol. The molecule has 0 aliphatic carbocycles. The molecule has 0 heterocycles. The molecule has 3 aromatic rings. The van der Waals surface area contributed by atoms with Gasteiger partial charge >= 0.3 is 0 Å². The van der Waals surface area contributed by atoms with Crippen LogP contribution in [0.5, 0.6) is 5.75 Å². The topological polar surface area (TPSA) is 105 Å². The van der Waals surface area contributed by atoms with Crippen LogP contribution in [-0.4, -0.2) is 10.8 Å². The number of anilines is 1. The van der Waals surface area contributed by atoms with Gasteiger partial charge in [0, 0.05) is 17.8 Å². The summed E-state index contributed by atoms with van der Waals surface area (Å²) < 4.78 is 7.56. The zero-order valence-electron chi connectivity index (χ0n) is 18.3. The minimum Gasteiger partial charge on any atom is -0.487 e. The number of nitrogens with one attached hydrogen (secondary N) is 1. The highest BCUT2D eigenvalue weighted by molar-refractivity contribution is 14.1. The monoisotopic (exact) mass is 679 g/mol. The number of aryl methyl sites for hydroxylation is 2. The van der Waals surface area contributed by atoms with Gasteiger partial charge in [-0.05, 0) is 124 Å². The highest BCUT2D eigenvalue weighted by Gasteiger charge is 2.13. The second-order valence-corrected chi connectivity index (χ2v) is 9.77. The predicted octanol–water partition coefficient (Wildman–Crippen LogP) is 6.55. The minimum absolute atomic E-state index is 0.00984. The van der Waals surface area contributed by atoms with Gasteiger partial charge in [0.1, 0.15) is 24.0 Å². The number of carbonyl (C=O) groups excluding carboxylic acids is 1. The van der Waals surface area contributed by atoms with Crippen molar-refractivity contribution in [2.45, 2.75) is 20.5 Å². The molecule has 1 N–H and O–H groups in total. The Hall–Kier alpha value is -2.98. The van der Waals surface area contributed by atoms with Gasteiger partial charge in [0.25, 0.3) is 11.6 Å². The summed E-state index contributed by atoms with van der Waals surface area (Å²) >= 11 is 4.28. The number of halogens is 2. The SMILES string of the molecule is Cc1ccc(NC(=O)/C(C#N)=C/c2cc(I)c(OCc3ccc([N+](=O)[O-])cc3)c(I)c2)cc1C. The van der Waals surface area contributed by atoms with Crippen LogP contribution in [0.3, 0.4) is 0 Å².